The third-order valence-corrected chi connectivity index (χ3v) is 3.87. The quantitative estimate of drug-likeness (QED) is 0.613. The summed E-state index contributed by atoms with van der Waals surface area (Å²) in [7, 11) is 0. The number of aryl methyl sites for hydroxylation is 1. The number of amides is 1. The third kappa shape index (κ3) is 4.61. The van der Waals surface area contributed by atoms with E-state index in [-0.39, 0.29) is 11.7 Å². The van der Waals surface area contributed by atoms with Gasteiger partial charge in [0.25, 0.3) is 0 Å². The van der Waals surface area contributed by atoms with Crippen molar-refractivity contribution >= 4 is 23.0 Å². The van der Waals surface area contributed by atoms with Gasteiger partial charge in [-0.05, 0) is 42.3 Å². The second-order valence-corrected chi connectivity index (χ2v) is 5.71. The predicted molar refractivity (Wildman–Crippen MR) is 101 cm³/mol. The van der Waals surface area contributed by atoms with E-state index >= 15 is 0 Å². The fourth-order valence-electron chi connectivity index (χ4n) is 2.56. The monoisotopic (exact) mass is 332 g/mol. The van der Waals surface area contributed by atoms with Crippen LogP contribution in [0.5, 0.6) is 5.75 Å². The van der Waals surface area contributed by atoms with Gasteiger partial charge in [-0.25, -0.2) is 0 Å². The van der Waals surface area contributed by atoms with E-state index in [9.17, 15) is 9.90 Å². The second kappa shape index (κ2) is 8.02. The van der Waals surface area contributed by atoms with E-state index in [2.05, 4.69) is 10.6 Å². The van der Waals surface area contributed by atoms with Crippen LogP contribution in [-0.4, -0.2) is 11.0 Å². The highest BCUT2D eigenvalue weighted by molar-refractivity contribution is 5.95. The molecule has 126 valence electrons. The van der Waals surface area contributed by atoms with Gasteiger partial charge in [-0.2, -0.15) is 0 Å². The van der Waals surface area contributed by atoms with E-state index in [1.807, 2.05) is 66.7 Å². The lowest BCUT2D eigenvalue weighted by atomic mass is 10.1. The Kier molecular flexibility index (Phi) is 5.32. The molecule has 0 aromatic heterocycles. The highest BCUT2D eigenvalue weighted by Crippen LogP contribution is 2.25. The van der Waals surface area contributed by atoms with E-state index in [1.165, 1.54) is 0 Å². The number of carbonyl (C=O) groups is 1. The van der Waals surface area contributed by atoms with Gasteiger partial charge >= 0.3 is 0 Å². The molecule has 0 unspecified atom stereocenters. The molecular weight excluding hydrogens is 312 g/mol. The number of hydrogen-bond donors (Lipinski definition) is 3. The van der Waals surface area contributed by atoms with Gasteiger partial charge < -0.3 is 15.7 Å². The summed E-state index contributed by atoms with van der Waals surface area (Å²) in [5.74, 6) is 0.131. The Morgan fingerprint density at radius 1 is 0.800 bits per heavy atom. The fraction of sp³-hybridized carbons (Fsp3) is 0.0952. The lowest BCUT2D eigenvalue weighted by Gasteiger charge is -2.13. The van der Waals surface area contributed by atoms with Gasteiger partial charge in [0.05, 0.1) is 11.4 Å². The first-order chi connectivity index (χ1) is 12.2. The first-order valence-corrected chi connectivity index (χ1v) is 8.20. The van der Waals surface area contributed by atoms with Crippen LogP contribution in [0.4, 0.5) is 17.1 Å². The van der Waals surface area contributed by atoms with E-state index in [1.54, 1.807) is 12.1 Å². The van der Waals surface area contributed by atoms with Gasteiger partial charge in [0, 0.05) is 12.1 Å². The highest BCUT2D eigenvalue weighted by Gasteiger charge is 2.08. The Labute approximate surface area is 147 Å². The van der Waals surface area contributed by atoms with E-state index in [0.29, 0.717) is 12.8 Å². The summed E-state index contributed by atoms with van der Waals surface area (Å²) < 4.78 is 0. The summed E-state index contributed by atoms with van der Waals surface area (Å²) in [6, 6.07) is 24.5. The van der Waals surface area contributed by atoms with Crippen molar-refractivity contribution in [2.24, 2.45) is 0 Å². The standard InChI is InChI=1S/C21H20N2O2/c24-20-13-7-4-8-16(20)14-15-21(25)23-19-12-6-5-11-18(19)22-17-9-2-1-3-10-17/h1-13,22,24H,14-15H2,(H,23,25). The molecule has 0 aliphatic carbocycles. The average Bonchev–Trinajstić information content (AvgIpc) is 2.64. The van der Waals surface area contributed by atoms with Crippen molar-refractivity contribution in [1.29, 1.82) is 0 Å². The molecule has 3 rings (SSSR count). The van der Waals surface area contributed by atoms with Crippen molar-refractivity contribution in [3.05, 3.63) is 84.4 Å². The summed E-state index contributed by atoms with van der Waals surface area (Å²) in [6.07, 6.45) is 0.796. The number of phenols is 1. The number of para-hydroxylation sites is 4. The van der Waals surface area contributed by atoms with Gasteiger partial charge in [-0.3, -0.25) is 4.79 Å². The number of carbonyl (C=O) groups excluding carboxylic acids is 1. The van der Waals surface area contributed by atoms with Gasteiger partial charge in [-0.15, -0.1) is 0 Å². The smallest absolute Gasteiger partial charge is 0.224 e. The summed E-state index contributed by atoms with van der Waals surface area (Å²) in [4.78, 5) is 12.3. The molecule has 0 atom stereocenters. The summed E-state index contributed by atoms with van der Waals surface area (Å²) >= 11 is 0. The Morgan fingerprint density at radius 3 is 2.20 bits per heavy atom. The van der Waals surface area contributed by atoms with Crippen molar-refractivity contribution in [3.8, 4) is 5.75 Å². The van der Waals surface area contributed by atoms with Crippen LogP contribution < -0.4 is 10.6 Å². The number of phenolic OH excluding ortho intramolecular Hbond substituents is 1. The van der Waals surface area contributed by atoms with Crippen molar-refractivity contribution in [2.45, 2.75) is 12.8 Å². The van der Waals surface area contributed by atoms with E-state index < -0.39 is 0 Å². The van der Waals surface area contributed by atoms with Crippen LogP contribution in [0.25, 0.3) is 0 Å². The third-order valence-electron chi connectivity index (χ3n) is 3.87. The number of benzene rings is 3. The Hall–Kier alpha value is -3.27. The summed E-state index contributed by atoms with van der Waals surface area (Å²) in [5.41, 5.74) is 3.30. The molecule has 25 heavy (non-hydrogen) atoms. The Morgan fingerprint density at radius 2 is 1.44 bits per heavy atom. The maximum atomic E-state index is 12.3. The molecular formula is C21H20N2O2. The van der Waals surface area contributed by atoms with Gasteiger partial charge in [-0.1, -0.05) is 48.5 Å². The maximum absolute atomic E-state index is 12.3. The fourth-order valence-corrected chi connectivity index (χ4v) is 2.56. The highest BCUT2D eigenvalue weighted by atomic mass is 16.3. The minimum absolute atomic E-state index is 0.0921. The molecule has 0 saturated carbocycles. The molecule has 0 bridgehead atoms. The van der Waals surface area contributed by atoms with Crippen LogP contribution >= 0.6 is 0 Å². The van der Waals surface area contributed by atoms with Crippen molar-refractivity contribution in [3.63, 3.8) is 0 Å². The van der Waals surface area contributed by atoms with Gasteiger partial charge in [0.1, 0.15) is 5.75 Å². The zero-order valence-electron chi connectivity index (χ0n) is 13.8. The normalized spacial score (nSPS) is 10.2. The van der Waals surface area contributed by atoms with Gasteiger partial charge in [0.2, 0.25) is 5.91 Å². The van der Waals surface area contributed by atoms with Crippen LogP contribution in [0.15, 0.2) is 78.9 Å². The molecule has 0 saturated heterocycles. The van der Waals surface area contributed by atoms with Crippen molar-refractivity contribution in [2.75, 3.05) is 10.6 Å². The lowest BCUT2D eigenvalue weighted by Crippen LogP contribution is -2.13. The molecule has 4 nitrogen and oxygen atoms in total. The zero-order chi connectivity index (χ0) is 17.5. The SMILES string of the molecule is O=C(CCc1ccccc1O)Nc1ccccc1Nc1ccccc1. The minimum atomic E-state index is -0.0921. The molecule has 1 amide bonds. The van der Waals surface area contributed by atoms with Gasteiger partial charge in [0.15, 0.2) is 0 Å². The Balaban J connectivity index is 1.64. The largest absolute Gasteiger partial charge is 0.508 e. The molecule has 0 aliphatic heterocycles. The number of nitrogens with one attached hydrogen (secondary N) is 2. The van der Waals surface area contributed by atoms with Crippen LogP contribution in [0.3, 0.4) is 0 Å². The molecule has 0 fully saturated rings. The lowest BCUT2D eigenvalue weighted by molar-refractivity contribution is -0.116. The first kappa shape index (κ1) is 16.6. The van der Waals surface area contributed by atoms with Crippen LogP contribution in [0, 0.1) is 0 Å². The van der Waals surface area contributed by atoms with E-state index in [0.717, 1.165) is 22.6 Å². The maximum Gasteiger partial charge on any atom is 0.224 e. The molecule has 0 spiro atoms. The van der Waals surface area contributed by atoms with Crippen molar-refractivity contribution < 1.29 is 9.90 Å². The average molecular weight is 332 g/mol. The number of anilines is 3. The topological polar surface area (TPSA) is 61.4 Å². The minimum Gasteiger partial charge on any atom is -0.508 e. The summed E-state index contributed by atoms with van der Waals surface area (Å²) in [5, 5.41) is 16.0. The molecule has 0 radical (unpaired) electrons. The Bertz CT molecular complexity index is 847. The molecule has 3 aromatic carbocycles. The molecule has 0 heterocycles. The van der Waals surface area contributed by atoms with Crippen LogP contribution in [0.2, 0.25) is 0 Å². The molecule has 3 aromatic rings. The van der Waals surface area contributed by atoms with Crippen LogP contribution in [0.1, 0.15) is 12.0 Å². The molecule has 3 N–H and O–H groups in total. The zero-order valence-corrected chi connectivity index (χ0v) is 13.8. The second-order valence-electron chi connectivity index (χ2n) is 5.71. The number of aromatic hydroxyl groups is 1. The van der Waals surface area contributed by atoms with Crippen molar-refractivity contribution in [1.82, 2.24) is 0 Å². The summed E-state index contributed by atoms with van der Waals surface area (Å²) in [6.45, 7) is 0. The number of hydrogen-bond acceptors (Lipinski definition) is 3. The number of rotatable bonds is 6. The molecule has 0 aliphatic rings. The van der Waals surface area contributed by atoms with E-state index in [4.69, 9.17) is 0 Å². The predicted octanol–water partition coefficient (Wildman–Crippen LogP) is 4.71. The molecule has 4 heteroatoms. The van der Waals surface area contributed by atoms with Crippen LogP contribution in [-0.2, 0) is 11.2 Å². The first-order valence-electron chi connectivity index (χ1n) is 8.20.